The van der Waals surface area contributed by atoms with E-state index in [2.05, 4.69) is 18.8 Å². The van der Waals surface area contributed by atoms with Gasteiger partial charge in [0.2, 0.25) is 5.91 Å². The van der Waals surface area contributed by atoms with Crippen molar-refractivity contribution in [3.63, 3.8) is 0 Å². The minimum Gasteiger partial charge on any atom is -0.445 e. The van der Waals surface area contributed by atoms with E-state index in [-0.39, 0.29) is 0 Å². The van der Waals surface area contributed by atoms with Crippen LogP contribution < -0.4 is 5.73 Å². The van der Waals surface area contributed by atoms with Gasteiger partial charge >= 0.3 is 0 Å². The third-order valence-corrected chi connectivity index (χ3v) is 2.80. The summed E-state index contributed by atoms with van der Waals surface area (Å²) in [5.41, 5.74) is 6.78. The molecule has 2 rings (SSSR count). The largest absolute Gasteiger partial charge is 0.445 e. The van der Waals surface area contributed by atoms with E-state index < -0.39 is 5.91 Å². The smallest absolute Gasteiger partial charge is 0.248 e. The quantitative estimate of drug-likeness (QED) is 0.896. The van der Waals surface area contributed by atoms with E-state index in [0.717, 1.165) is 23.6 Å². The summed E-state index contributed by atoms with van der Waals surface area (Å²) < 4.78 is 5.67. The topological polar surface area (TPSA) is 69.1 Å². The molecule has 1 amide bonds. The zero-order chi connectivity index (χ0) is 13.8. The van der Waals surface area contributed by atoms with Gasteiger partial charge in [-0.1, -0.05) is 26.0 Å². The lowest BCUT2D eigenvalue weighted by atomic mass is 10.1. The Hall–Kier alpha value is -2.10. The van der Waals surface area contributed by atoms with Crippen LogP contribution >= 0.6 is 0 Å². The van der Waals surface area contributed by atoms with Gasteiger partial charge in [0.1, 0.15) is 5.76 Å². The van der Waals surface area contributed by atoms with Crippen molar-refractivity contribution in [3.8, 4) is 0 Å². The third kappa shape index (κ3) is 3.68. The molecule has 1 aromatic carbocycles. The van der Waals surface area contributed by atoms with Gasteiger partial charge in [-0.25, -0.2) is 4.98 Å². The van der Waals surface area contributed by atoms with Crippen molar-refractivity contribution in [1.82, 2.24) is 4.98 Å². The Balaban J connectivity index is 2.04. The van der Waals surface area contributed by atoms with Crippen LogP contribution in [0.4, 0.5) is 0 Å². The highest BCUT2D eigenvalue weighted by atomic mass is 16.4. The van der Waals surface area contributed by atoms with Gasteiger partial charge in [-0.3, -0.25) is 4.79 Å². The standard InChI is InChI=1S/C15H18N2O2/c1-10(2)7-14-17-9-13(19-14)8-11-3-5-12(6-4-11)15(16)18/h3-6,9-10H,7-8H2,1-2H3,(H2,16,18). The van der Waals surface area contributed by atoms with E-state index in [1.807, 2.05) is 12.1 Å². The summed E-state index contributed by atoms with van der Waals surface area (Å²) in [7, 11) is 0. The number of aromatic nitrogens is 1. The number of oxazole rings is 1. The second-order valence-corrected chi connectivity index (χ2v) is 5.06. The third-order valence-electron chi connectivity index (χ3n) is 2.80. The molecule has 0 aliphatic carbocycles. The first-order chi connectivity index (χ1) is 9.04. The van der Waals surface area contributed by atoms with E-state index in [1.54, 1.807) is 18.3 Å². The molecule has 2 aromatic rings. The second-order valence-electron chi connectivity index (χ2n) is 5.06. The molecule has 4 nitrogen and oxygen atoms in total. The first kappa shape index (κ1) is 13.3. The molecule has 1 aromatic heterocycles. The maximum atomic E-state index is 11.0. The average Bonchev–Trinajstić information content (AvgIpc) is 2.76. The molecule has 0 spiro atoms. The number of carbonyl (C=O) groups is 1. The Kier molecular flexibility index (Phi) is 4.00. The number of hydrogen-bond donors (Lipinski definition) is 1. The number of rotatable bonds is 5. The molecule has 0 fully saturated rings. The molecular formula is C15H18N2O2. The van der Waals surface area contributed by atoms with Crippen molar-refractivity contribution in [2.45, 2.75) is 26.7 Å². The summed E-state index contributed by atoms with van der Waals surface area (Å²) in [5, 5.41) is 0. The molecular weight excluding hydrogens is 240 g/mol. The maximum absolute atomic E-state index is 11.0. The summed E-state index contributed by atoms with van der Waals surface area (Å²) in [6, 6.07) is 7.21. The first-order valence-corrected chi connectivity index (χ1v) is 6.37. The van der Waals surface area contributed by atoms with Crippen LogP contribution in [0, 0.1) is 5.92 Å². The minimum atomic E-state index is -0.412. The predicted octanol–water partition coefficient (Wildman–Crippen LogP) is 2.56. The number of nitrogens with two attached hydrogens (primary N) is 1. The van der Waals surface area contributed by atoms with Gasteiger partial charge in [0.25, 0.3) is 0 Å². The summed E-state index contributed by atoms with van der Waals surface area (Å²) in [6.07, 6.45) is 3.28. The van der Waals surface area contributed by atoms with Crippen LogP contribution in [0.2, 0.25) is 0 Å². The fourth-order valence-corrected chi connectivity index (χ4v) is 1.86. The molecule has 0 aliphatic heterocycles. The van der Waals surface area contributed by atoms with Crippen molar-refractivity contribution in [1.29, 1.82) is 0 Å². The van der Waals surface area contributed by atoms with Crippen LogP contribution in [0.3, 0.4) is 0 Å². The Morgan fingerprint density at radius 1 is 1.32 bits per heavy atom. The number of carbonyl (C=O) groups excluding carboxylic acids is 1. The Bertz CT molecular complexity index is 556. The Morgan fingerprint density at radius 3 is 2.58 bits per heavy atom. The van der Waals surface area contributed by atoms with Crippen molar-refractivity contribution < 1.29 is 9.21 Å². The molecule has 2 N–H and O–H groups in total. The van der Waals surface area contributed by atoms with Gasteiger partial charge in [-0.2, -0.15) is 0 Å². The van der Waals surface area contributed by atoms with E-state index >= 15 is 0 Å². The van der Waals surface area contributed by atoms with Gasteiger partial charge in [-0.15, -0.1) is 0 Å². The molecule has 4 heteroatoms. The van der Waals surface area contributed by atoms with Gasteiger partial charge in [0, 0.05) is 18.4 Å². The summed E-state index contributed by atoms with van der Waals surface area (Å²) in [6.45, 7) is 4.26. The van der Waals surface area contributed by atoms with Crippen molar-refractivity contribution in [2.24, 2.45) is 11.7 Å². The number of hydrogen-bond acceptors (Lipinski definition) is 3. The first-order valence-electron chi connectivity index (χ1n) is 6.37. The molecule has 100 valence electrons. The van der Waals surface area contributed by atoms with Crippen LogP contribution in [0.15, 0.2) is 34.9 Å². The van der Waals surface area contributed by atoms with E-state index in [9.17, 15) is 4.79 Å². The molecule has 19 heavy (non-hydrogen) atoms. The van der Waals surface area contributed by atoms with Gasteiger partial charge in [0.15, 0.2) is 5.89 Å². The fourth-order valence-electron chi connectivity index (χ4n) is 1.86. The van der Waals surface area contributed by atoms with Crippen LogP contribution in [0.5, 0.6) is 0 Å². The molecule has 0 radical (unpaired) electrons. The van der Waals surface area contributed by atoms with E-state index in [0.29, 0.717) is 17.9 Å². The molecule has 0 bridgehead atoms. The molecule has 1 heterocycles. The predicted molar refractivity (Wildman–Crippen MR) is 72.8 cm³/mol. The number of nitrogens with zero attached hydrogens (tertiary/aromatic N) is 1. The number of benzene rings is 1. The van der Waals surface area contributed by atoms with Crippen molar-refractivity contribution >= 4 is 5.91 Å². The Morgan fingerprint density at radius 2 is 2.00 bits per heavy atom. The van der Waals surface area contributed by atoms with Gasteiger partial charge < -0.3 is 10.2 Å². The maximum Gasteiger partial charge on any atom is 0.248 e. The highest BCUT2D eigenvalue weighted by Gasteiger charge is 2.07. The van der Waals surface area contributed by atoms with Crippen molar-refractivity contribution in [3.05, 3.63) is 53.2 Å². The van der Waals surface area contributed by atoms with Crippen LogP contribution in [0.1, 0.15) is 41.4 Å². The monoisotopic (exact) mass is 258 g/mol. The number of amides is 1. The Labute approximate surface area is 112 Å². The van der Waals surface area contributed by atoms with Crippen LogP contribution in [0.25, 0.3) is 0 Å². The minimum absolute atomic E-state index is 0.412. The fraction of sp³-hybridized carbons (Fsp3) is 0.333. The van der Waals surface area contributed by atoms with E-state index in [1.165, 1.54) is 0 Å². The normalized spacial score (nSPS) is 10.9. The van der Waals surface area contributed by atoms with Crippen molar-refractivity contribution in [2.75, 3.05) is 0 Å². The summed E-state index contributed by atoms with van der Waals surface area (Å²) in [5.74, 6) is 1.73. The lowest BCUT2D eigenvalue weighted by molar-refractivity contribution is 0.100. The van der Waals surface area contributed by atoms with Crippen LogP contribution in [-0.2, 0) is 12.8 Å². The van der Waals surface area contributed by atoms with Crippen LogP contribution in [-0.4, -0.2) is 10.9 Å². The highest BCUT2D eigenvalue weighted by Crippen LogP contribution is 2.14. The average molecular weight is 258 g/mol. The molecule has 0 atom stereocenters. The second kappa shape index (κ2) is 5.69. The zero-order valence-electron chi connectivity index (χ0n) is 11.2. The molecule has 0 saturated heterocycles. The molecule has 0 aliphatic rings. The molecule has 0 saturated carbocycles. The van der Waals surface area contributed by atoms with Gasteiger partial charge in [-0.05, 0) is 23.6 Å². The van der Waals surface area contributed by atoms with E-state index in [4.69, 9.17) is 10.2 Å². The summed E-state index contributed by atoms with van der Waals surface area (Å²) in [4.78, 5) is 15.2. The lowest BCUT2D eigenvalue weighted by Gasteiger charge is -2.00. The number of primary amides is 1. The lowest BCUT2D eigenvalue weighted by Crippen LogP contribution is -2.10. The SMILES string of the molecule is CC(C)Cc1ncc(Cc2ccc(C(N)=O)cc2)o1. The molecule has 0 unspecified atom stereocenters. The van der Waals surface area contributed by atoms with Gasteiger partial charge in [0.05, 0.1) is 6.20 Å². The highest BCUT2D eigenvalue weighted by molar-refractivity contribution is 5.92. The zero-order valence-corrected chi connectivity index (χ0v) is 11.2. The summed E-state index contributed by atoms with van der Waals surface area (Å²) >= 11 is 0.